The van der Waals surface area contributed by atoms with Crippen molar-refractivity contribution in [3.8, 4) is 5.75 Å². The molecule has 3 rings (SSSR count). The Morgan fingerprint density at radius 1 is 1.18 bits per heavy atom. The van der Waals surface area contributed by atoms with Gasteiger partial charge in [0.2, 0.25) is 5.91 Å². The van der Waals surface area contributed by atoms with E-state index >= 15 is 0 Å². The van der Waals surface area contributed by atoms with Gasteiger partial charge >= 0.3 is 0 Å². The number of nitrogens with zero attached hydrogens (tertiary/aromatic N) is 2. The van der Waals surface area contributed by atoms with E-state index in [2.05, 4.69) is 21.9 Å². The smallest absolute Gasteiger partial charge is 0.236 e. The average Bonchev–Trinajstić information content (AvgIpc) is 3.15. The monoisotopic (exact) mass is 320 g/mol. The third-order valence-corrected chi connectivity index (χ3v) is 5.90. The minimum Gasteiger partial charge on any atom is -0.497 e. The maximum absolute atomic E-state index is 12.5. The molecule has 0 aliphatic carbocycles. The molecule has 0 saturated carbocycles. The third kappa shape index (κ3) is 3.25. The van der Waals surface area contributed by atoms with E-state index in [0.29, 0.717) is 0 Å². The van der Waals surface area contributed by atoms with Crippen molar-refractivity contribution < 1.29 is 9.53 Å². The first kappa shape index (κ1) is 15.7. The molecule has 2 atom stereocenters. The lowest BCUT2D eigenvalue weighted by Crippen LogP contribution is -2.37. The average molecular weight is 320 g/mol. The molecule has 0 spiro atoms. The highest BCUT2D eigenvalue weighted by atomic mass is 32.2. The van der Waals surface area contributed by atoms with Crippen LogP contribution < -0.4 is 4.74 Å². The van der Waals surface area contributed by atoms with E-state index in [1.807, 2.05) is 19.1 Å². The number of methoxy groups -OCH3 is 1. The topological polar surface area (TPSA) is 32.8 Å². The minimum absolute atomic E-state index is 0.0469. The summed E-state index contributed by atoms with van der Waals surface area (Å²) in [5.41, 5.74) is 1.19. The molecule has 0 unspecified atom stereocenters. The zero-order valence-electron chi connectivity index (χ0n) is 13.3. The van der Waals surface area contributed by atoms with E-state index in [4.69, 9.17) is 4.74 Å². The van der Waals surface area contributed by atoms with Crippen molar-refractivity contribution in [2.75, 3.05) is 33.3 Å². The standard InChI is InChI=1S/C17H24N2O2S/c1-13-16(20)19(12-11-18-9-3-4-10-18)17(22-13)14-5-7-15(21-2)8-6-14/h5-8,13,17H,3-4,9-12H2,1-2H3/t13-,17-/m0/s1. The summed E-state index contributed by atoms with van der Waals surface area (Å²) in [5.74, 6) is 1.12. The number of benzene rings is 1. The molecule has 5 heteroatoms. The fraction of sp³-hybridized carbons (Fsp3) is 0.588. The number of carbonyl (C=O) groups excluding carboxylic acids is 1. The molecular formula is C17H24N2O2S. The number of amides is 1. The van der Waals surface area contributed by atoms with Gasteiger partial charge in [0.1, 0.15) is 11.1 Å². The Balaban J connectivity index is 1.70. The summed E-state index contributed by atoms with van der Waals surface area (Å²) in [7, 11) is 1.67. The SMILES string of the molecule is COc1ccc([C@@H]2S[C@@H](C)C(=O)N2CCN2CCCC2)cc1. The van der Waals surface area contributed by atoms with Gasteiger partial charge in [-0.1, -0.05) is 12.1 Å². The normalized spacial score (nSPS) is 25.9. The number of carbonyl (C=O) groups is 1. The van der Waals surface area contributed by atoms with Crippen LogP contribution in [0.5, 0.6) is 5.75 Å². The van der Waals surface area contributed by atoms with Crippen LogP contribution in [0.15, 0.2) is 24.3 Å². The van der Waals surface area contributed by atoms with Gasteiger partial charge in [-0.3, -0.25) is 4.79 Å². The van der Waals surface area contributed by atoms with Crippen LogP contribution in [0, 0.1) is 0 Å². The van der Waals surface area contributed by atoms with E-state index in [1.54, 1.807) is 18.9 Å². The van der Waals surface area contributed by atoms with Crippen LogP contribution in [0.3, 0.4) is 0 Å². The molecular weight excluding hydrogens is 296 g/mol. The molecule has 2 aliphatic rings. The highest BCUT2D eigenvalue weighted by Gasteiger charge is 2.38. The van der Waals surface area contributed by atoms with E-state index < -0.39 is 0 Å². The quantitative estimate of drug-likeness (QED) is 0.835. The van der Waals surface area contributed by atoms with Gasteiger partial charge in [-0.25, -0.2) is 0 Å². The van der Waals surface area contributed by atoms with Crippen molar-refractivity contribution in [2.24, 2.45) is 0 Å². The van der Waals surface area contributed by atoms with Gasteiger partial charge in [0.25, 0.3) is 0 Å². The summed E-state index contributed by atoms with van der Waals surface area (Å²) in [4.78, 5) is 17.0. The highest BCUT2D eigenvalue weighted by molar-refractivity contribution is 8.01. The largest absolute Gasteiger partial charge is 0.497 e. The Kier molecular flexibility index (Phi) is 4.93. The van der Waals surface area contributed by atoms with Gasteiger partial charge in [0.05, 0.1) is 12.4 Å². The molecule has 1 aromatic rings. The zero-order chi connectivity index (χ0) is 15.5. The predicted molar refractivity (Wildman–Crippen MR) is 90.2 cm³/mol. The maximum Gasteiger partial charge on any atom is 0.236 e. The van der Waals surface area contributed by atoms with Crippen molar-refractivity contribution in [3.63, 3.8) is 0 Å². The number of hydrogen-bond acceptors (Lipinski definition) is 4. The van der Waals surface area contributed by atoms with Crippen LogP contribution in [0.4, 0.5) is 0 Å². The number of thioether (sulfide) groups is 1. The fourth-order valence-electron chi connectivity index (χ4n) is 3.18. The Morgan fingerprint density at radius 3 is 2.50 bits per heavy atom. The number of hydrogen-bond donors (Lipinski definition) is 0. The molecule has 2 saturated heterocycles. The van der Waals surface area contributed by atoms with Crippen LogP contribution in [0.2, 0.25) is 0 Å². The van der Waals surface area contributed by atoms with E-state index in [1.165, 1.54) is 31.5 Å². The second kappa shape index (κ2) is 6.92. The molecule has 120 valence electrons. The first-order valence-corrected chi connectivity index (χ1v) is 8.95. The summed E-state index contributed by atoms with van der Waals surface area (Å²) in [5, 5.41) is 0.182. The second-order valence-electron chi connectivity index (χ2n) is 5.98. The van der Waals surface area contributed by atoms with Crippen molar-refractivity contribution in [3.05, 3.63) is 29.8 Å². The van der Waals surface area contributed by atoms with Gasteiger partial charge < -0.3 is 14.5 Å². The van der Waals surface area contributed by atoms with Crippen LogP contribution >= 0.6 is 11.8 Å². The van der Waals surface area contributed by atoms with Crippen LogP contribution in [0.25, 0.3) is 0 Å². The summed E-state index contributed by atoms with van der Waals surface area (Å²) >= 11 is 1.75. The van der Waals surface area contributed by atoms with Crippen LogP contribution in [-0.2, 0) is 4.79 Å². The summed E-state index contributed by atoms with van der Waals surface area (Å²) < 4.78 is 5.22. The van der Waals surface area contributed by atoms with Gasteiger partial charge in [0, 0.05) is 13.1 Å². The fourth-order valence-corrected chi connectivity index (χ4v) is 4.49. The number of likely N-dealkylation sites (tertiary alicyclic amines) is 1. The van der Waals surface area contributed by atoms with Gasteiger partial charge in [-0.05, 0) is 50.6 Å². The highest BCUT2D eigenvalue weighted by Crippen LogP contribution is 2.43. The van der Waals surface area contributed by atoms with Crippen LogP contribution in [-0.4, -0.2) is 54.2 Å². The first-order chi connectivity index (χ1) is 10.7. The molecule has 1 aromatic carbocycles. The predicted octanol–water partition coefficient (Wildman–Crippen LogP) is 2.75. The molecule has 2 heterocycles. The van der Waals surface area contributed by atoms with Crippen molar-refractivity contribution in [1.29, 1.82) is 0 Å². The van der Waals surface area contributed by atoms with E-state index in [9.17, 15) is 4.79 Å². The molecule has 1 amide bonds. The van der Waals surface area contributed by atoms with Crippen molar-refractivity contribution in [1.82, 2.24) is 9.80 Å². The Hall–Kier alpha value is -1.20. The molecule has 2 fully saturated rings. The lowest BCUT2D eigenvalue weighted by atomic mass is 10.2. The Bertz CT molecular complexity index is 514. The Morgan fingerprint density at radius 2 is 1.86 bits per heavy atom. The van der Waals surface area contributed by atoms with Crippen molar-refractivity contribution >= 4 is 17.7 Å². The zero-order valence-corrected chi connectivity index (χ0v) is 14.1. The third-order valence-electron chi connectivity index (χ3n) is 4.50. The van der Waals surface area contributed by atoms with Crippen LogP contribution in [0.1, 0.15) is 30.7 Å². The number of ether oxygens (including phenoxy) is 1. The molecule has 2 aliphatic heterocycles. The van der Waals surface area contributed by atoms with Crippen molar-refractivity contribution in [2.45, 2.75) is 30.4 Å². The molecule has 22 heavy (non-hydrogen) atoms. The Labute approximate surface area is 136 Å². The molecule has 4 nitrogen and oxygen atoms in total. The summed E-state index contributed by atoms with van der Waals surface area (Å²) in [6.45, 7) is 6.19. The summed E-state index contributed by atoms with van der Waals surface area (Å²) in [6, 6.07) is 8.10. The van der Waals surface area contributed by atoms with E-state index in [0.717, 1.165) is 18.8 Å². The number of rotatable bonds is 5. The molecule has 0 N–H and O–H groups in total. The molecule has 0 aromatic heterocycles. The van der Waals surface area contributed by atoms with Gasteiger partial charge in [-0.15, -0.1) is 11.8 Å². The maximum atomic E-state index is 12.5. The first-order valence-electron chi connectivity index (χ1n) is 8.01. The molecule has 0 radical (unpaired) electrons. The van der Waals surface area contributed by atoms with E-state index in [-0.39, 0.29) is 16.5 Å². The summed E-state index contributed by atoms with van der Waals surface area (Å²) in [6.07, 6.45) is 2.59. The second-order valence-corrected chi connectivity index (χ2v) is 7.41. The van der Waals surface area contributed by atoms with Gasteiger partial charge in [-0.2, -0.15) is 0 Å². The minimum atomic E-state index is 0.0469. The lowest BCUT2D eigenvalue weighted by molar-refractivity contribution is -0.130. The van der Waals surface area contributed by atoms with Gasteiger partial charge in [0.15, 0.2) is 0 Å². The molecule has 0 bridgehead atoms. The lowest BCUT2D eigenvalue weighted by Gasteiger charge is -2.26.